The second-order valence-electron chi connectivity index (χ2n) is 9.20. The van der Waals surface area contributed by atoms with E-state index in [0.29, 0.717) is 36.0 Å². The molecule has 1 N–H and O–H groups in total. The molecule has 0 unspecified atom stereocenters. The second-order valence-corrected chi connectivity index (χ2v) is 10.0. The number of benzene rings is 2. The van der Waals surface area contributed by atoms with Crippen molar-refractivity contribution < 1.29 is 13.9 Å². The molecule has 11 heteroatoms. The van der Waals surface area contributed by atoms with Crippen molar-refractivity contribution in [3.8, 4) is 11.5 Å². The van der Waals surface area contributed by atoms with Gasteiger partial charge in [0.15, 0.2) is 11.5 Å². The third kappa shape index (κ3) is 6.50. The van der Waals surface area contributed by atoms with Gasteiger partial charge in [0.25, 0.3) is 0 Å². The molecule has 1 aromatic heterocycles. The van der Waals surface area contributed by atoms with Gasteiger partial charge in [-0.05, 0) is 83.9 Å². The zero-order chi connectivity index (χ0) is 26.3. The van der Waals surface area contributed by atoms with E-state index in [2.05, 4.69) is 46.2 Å². The number of aromatic nitrogens is 3. The summed E-state index contributed by atoms with van der Waals surface area (Å²) in [6.45, 7) is 6.49. The van der Waals surface area contributed by atoms with Crippen molar-refractivity contribution in [1.82, 2.24) is 15.0 Å². The van der Waals surface area contributed by atoms with Crippen LogP contribution < -0.4 is 24.7 Å². The van der Waals surface area contributed by atoms with Crippen molar-refractivity contribution in [2.75, 3.05) is 48.0 Å². The molecule has 2 saturated heterocycles. The van der Waals surface area contributed by atoms with E-state index in [1.165, 1.54) is 12.1 Å². The summed E-state index contributed by atoms with van der Waals surface area (Å²) in [5.41, 5.74) is 4.65. The van der Waals surface area contributed by atoms with Crippen LogP contribution in [0.3, 0.4) is 0 Å². The van der Waals surface area contributed by atoms with Crippen LogP contribution in [-0.2, 0) is 6.61 Å². The van der Waals surface area contributed by atoms with Gasteiger partial charge in [0.1, 0.15) is 12.4 Å². The minimum absolute atomic E-state index is 0.279. The van der Waals surface area contributed by atoms with Gasteiger partial charge in [0.2, 0.25) is 17.8 Å². The van der Waals surface area contributed by atoms with E-state index < -0.39 is 0 Å². The number of rotatable bonds is 10. The molecule has 0 bridgehead atoms. The highest BCUT2D eigenvalue weighted by atomic mass is 79.9. The molecule has 0 atom stereocenters. The lowest BCUT2D eigenvalue weighted by atomic mass is 10.2. The molecule has 2 aromatic carbocycles. The van der Waals surface area contributed by atoms with Gasteiger partial charge in [-0.1, -0.05) is 12.1 Å². The SMILES string of the molecule is CCOc1cc(C=NNc2nc(N3CCCC3)nc(N3CCCC3)n2)cc(Br)c1OCc1ccc(F)cc1. The topological polar surface area (TPSA) is 88.0 Å². The Hall–Kier alpha value is -3.47. The molecule has 0 saturated carbocycles. The van der Waals surface area contributed by atoms with Gasteiger partial charge in [-0.3, -0.25) is 0 Å². The standard InChI is InChI=1S/C27H31BrFN7O2/c1-2-37-23-16-20(15-22(28)24(23)38-18-19-7-9-21(29)10-8-19)17-30-34-25-31-26(35-11-3-4-12-35)33-27(32-25)36-13-5-6-14-36/h7-10,15-17H,2-6,11-14,18H2,1H3,(H,31,32,33,34). The predicted octanol–water partition coefficient (Wildman–Crippen LogP) is 5.40. The van der Waals surface area contributed by atoms with Crippen LogP contribution in [0.2, 0.25) is 0 Å². The van der Waals surface area contributed by atoms with Crippen LogP contribution in [0.5, 0.6) is 11.5 Å². The average molecular weight is 584 g/mol. The molecule has 2 aliphatic heterocycles. The Kier molecular flexibility index (Phi) is 8.52. The lowest BCUT2D eigenvalue weighted by molar-refractivity contribution is 0.267. The fourth-order valence-electron chi connectivity index (χ4n) is 4.49. The third-order valence-electron chi connectivity index (χ3n) is 6.40. The maximum atomic E-state index is 13.2. The zero-order valence-corrected chi connectivity index (χ0v) is 23.0. The first-order valence-corrected chi connectivity index (χ1v) is 13.8. The van der Waals surface area contributed by atoms with Crippen molar-refractivity contribution >= 4 is 40.0 Å². The van der Waals surface area contributed by atoms with Gasteiger partial charge < -0.3 is 19.3 Å². The van der Waals surface area contributed by atoms with Crippen molar-refractivity contribution in [3.05, 3.63) is 57.8 Å². The summed E-state index contributed by atoms with van der Waals surface area (Å²) in [7, 11) is 0. The molecular weight excluding hydrogens is 553 g/mol. The number of ether oxygens (including phenoxy) is 2. The fourth-order valence-corrected chi connectivity index (χ4v) is 5.06. The number of hydrogen-bond acceptors (Lipinski definition) is 9. The molecule has 2 aliphatic rings. The largest absolute Gasteiger partial charge is 0.490 e. The molecule has 38 heavy (non-hydrogen) atoms. The maximum Gasteiger partial charge on any atom is 0.250 e. The second kappa shape index (κ2) is 12.4. The van der Waals surface area contributed by atoms with Crippen LogP contribution in [0.1, 0.15) is 43.7 Å². The minimum atomic E-state index is -0.279. The summed E-state index contributed by atoms with van der Waals surface area (Å²) in [4.78, 5) is 18.4. The molecule has 2 fully saturated rings. The summed E-state index contributed by atoms with van der Waals surface area (Å²) < 4.78 is 25.8. The monoisotopic (exact) mass is 583 g/mol. The molecule has 0 radical (unpaired) electrons. The Morgan fingerprint density at radius 2 is 1.58 bits per heavy atom. The Morgan fingerprint density at radius 3 is 2.18 bits per heavy atom. The van der Waals surface area contributed by atoms with Crippen molar-refractivity contribution in [2.24, 2.45) is 5.10 Å². The Balaban J connectivity index is 1.32. The van der Waals surface area contributed by atoms with Crippen molar-refractivity contribution in [2.45, 2.75) is 39.2 Å². The zero-order valence-electron chi connectivity index (χ0n) is 21.4. The molecule has 0 spiro atoms. The van der Waals surface area contributed by atoms with Gasteiger partial charge >= 0.3 is 0 Å². The fraction of sp³-hybridized carbons (Fsp3) is 0.407. The smallest absolute Gasteiger partial charge is 0.250 e. The van der Waals surface area contributed by atoms with Gasteiger partial charge in [0, 0.05) is 26.2 Å². The highest BCUT2D eigenvalue weighted by Crippen LogP contribution is 2.37. The van der Waals surface area contributed by atoms with E-state index in [-0.39, 0.29) is 12.4 Å². The molecule has 0 amide bonds. The lowest BCUT2D eigenvalue weighted by Gasteiger charge is -2.20. The van der Waals surface area contributed by atoms with Crippen LogP contribution in [0.15, 0.2) is 46.0 Å². The van der Waals surface area contributed by atoms with E-state index in [1.54, 1.807) is 18.3 Å². The Labute approximate surface area is 230 Å². The number of hydrazone groups is 1. The number of nitrogens with one attached hydrogen (secondary N) is 1. The molecule has 5 rings (SSSR count). The first-order valence-electron chi connectivity index (χ1n) is 13.0. The van der Waals surface area contributed by atoms with Gasteiger partial charge in [-0.2, -0.15) is 20.1 Å². The molecule has 3 heterocycles. The normalized spacial score (nSPS) is 15.4. The number of hydrogen-bond donors (Lipinski definition) is 1. The van der Waals surface area contributed by atoms with Gasteiger partial charge in [-0.25, -0.2) is 9.82 Å². The van der Waals surface area contributed by atoms with E-state index >= 15 is 0 Å². The van der Waals surface area contributed by atoms with Crippen molar-refractivity contribution in [1.29, 1.82) is 0 Å². The van der Waals surface area contributed by atoms with Crippen LogP contribution in [0.4, 0.5) is 22.2 Å². The van der Waals surface area contributed by atoms with E-state index in [1.807, 2.05) is 19.1 Å². The summed E-state index contributed by atoms with van der Waals surface area (Å²) in [6, 6.07) is 9.98. The van der Waals surface area contributed by atoms with Crippen LogP contribution >= 0.6 is 15.9 Å². The van der Waals surface area contributed by atoms with Gasteiger partial charge in [0.05, 0.1) is 17.3 Å². The third-order valence-corrected chi connectivity index (χ3v) is 6.98. The van der Waals surface area contributed by atoms with E-state index in [4.69, 9.17) is 14.5 Å². The minimum Gasteiger partial charge on any atom is -0.490 e. The molecule has 0 aliphatic carbocycles. The quantitative estimate of drug-likeness (QED) is 0.251. The predicted molar refractivity (Wildman–Crippen MR) is 150 cm³/mol. The van der Waals surface area contributed by atoms with E-state index in [9.17, 15) is 4.39 Å². The number of nitrogens with zero attached hydrogens (tertiary/aromatic N) is 6. The average Bonchev–Trinajstić information content (AvgIpc) is 3.65. The first kappa shape index (κ1) is 26.1. The summed E-state index contributed by atoms with van der Waals surface area (Å²) in [6.07, 6.45) is 6.27. The van der Waals surface area contributed by atoms with Crippen LogP contribution in [0, 0.1) is 5.82 Å². The molecular formula is C27H31BrFN7O2. The number of anilines is 3. The Bertz CT molecular complexity index is 1230. The van der Waals surface area contributed by atoms with Crippen LogP contribution in [0.25, 0.3) is 0 Å². The molecule has 3 aromatic rings. The Morgan fingerprint density at radius 1 is 0.947 bits per heavy atom. The first-order chi connectivity index (χ1) is 18.6. The lowest BCUT2D eigenvalue weighted by Crippen LogP contribution is -2.25. The molecule has 9 nitrogen and oxygen atoms in total. The summed E-state index contributed by atoms with van der Waals surface area (Å²) in [5.74, 6) is 2.69. The van der Waals surface area contributed by atoms with Gasteiger partial charge in [-0.15, -0.1) is 0 Å². The summed E-state index contributed by atoms with van der Waals surface area (Å²) >= 11 is 3.59. The molecule has 200 valence electrons. The van der Waals surface area contributed by atoms with Crippen molar-refractivity contribution in [3.63, 3.8) is 0 Å². The summed E-state index contributed by atoms with van der Waals surface area (Å²) in [5, 5.41) is 4.40. The number of halogens is 2. The van der Waals surface area contributed by atoms with Crippen LogP contribution in [-0.4, -0.2) is 54.0 Å². The highest BCUT2D eigenvalue weighted by Gasteiger charge is 2.21. The van der Waals surface area contributed by atoms with E-state index in [0.717, 1.165) is 67.5 Å². The highest BCUT2D eigenvalue weighted by molar-refractivity contribution is 9.10. The maximum absolute atomic E-state index is 13.2.